The van der Waals surface area contributed by atoms with E-state index in [1.807, 2.05) is 13.0 Å². The van der Waals surface area contributed by atoms with Crippen LogP contribution in [0.5, 0.6) is 0 Å². The molecule has 0 amide bonds. The third-order valence-electron chi connectivity index (χ3n) is 1.62. The molecule has 2 heterocycles. The van der Waals surface area contributed by atoms with E-state index in [4.69, 9.17) is 11.6 Å². The molecule has 0 radical (unpaired) electrons. The summed E-state index contributed by atoms with van der Waals surface area (Å²) in [7, 11) is 0. The van der Waals surface area contributed by atoms with Crippen molar-refractivity contribution in [1.29, 1.82) is 0 Å². The Morgan fingerprint density at radius 2 is 2.33 bits per heavy atom. The third kappa shape index (κ3) is 1.09. The van der Waals surface area contributed by atoms with Crippen molar-refractivity contribution in [3.05, 3.63) is 26.7 Å². The zero-order valence-corrected chi connectivity index (χ0v) is 9.17. The molecular formula is C7H5ClIN3. The highest BCUT2D eigenvalue weighted by Crippen LogP contribution is 2.22. The lowest BCUT2D eigenvalue weighted by molar-refractivity contribution is 0.912. The summed E-state index contributed by atoms with van der Waals surface area (Å²) in [6.45, 7) is 1.95. The summed E-state index contributed by atoms with van der Waals surface area (Å²) in [6.07, 6.45) is 1.53. The molecule has 0 aliphatic heterocycles. The summed E-state index contributed by atoms with van der Waals surface area (Å²) in [5.74, 6) is 0. The fourth-order valence-corrected chi connectivity index (χ4v) is 1.83. The molecule has 3 nitrogen and oxygen atoms in total. The normalized spacial score (nSPS) is 10.9. The van der Waals surface area contributed by atoms with E-state index in [0.717, 1.165) is 19.9 Å². The van der Waals surface area contributed by atoms with Crippen LogP contribution in [0, 0.1) is 10.5 Å². The van der Waals surface area contributed by atoms with E-state index in [-0.39, 0.29) is 0 Å². The highest BCUT2D eigenvalue weighted by molar-refractivity contribution is 14.1. The minimum atomic E-state index is 0.730. The van der Waals surface area contributed by atoms with E-state index < -0.39 is 0 Å². The Labute approximate surface area is 87.9 Å². The standard InChI is InChI=1S/C7H5ClIN3/c1-4-2-5(8)6(9)7-10-3-11-12(4)7/h2-3H,1H3. The second-order valence-electron chi connectivity index (χ2n) is 2.44. The van der Waals surface area contributed by atoms with Gasteiger partial charge in [-0.25, -0.2) is 9.50 Å². The van der Waals surface area contributed by atoms with Crippen LogP contribution in [0.3, 0.4) is 0 Å². The van der Waals surface area contributed by atoms with Crippen molar-refractivity contribution in [1.82, 2.24) is 14.6 Å². The van der Waals surface area contributed by atoms with Gasteiger partial charge in [0.1, 0.15) is 6.33 Å². The molecule has 62 valence electrons. The molecule has 0 saturated carbocycles. The average Bonchev–Trinajstić information content (AvgIpc) is 2.48. The molecule has 0 aliphatic rings. The van der Waals surface area contributed by atoms with Crippen LogP contribution in [0.1, 0.15) is 5.69 Å². The molecule has 0 unspecified atom stereocenters. The number of nitrogens with zero attached hydrogens (tertiary/aromatic N) is 3. The van der Waals surface area contributed by atoms with Crippen LogP contribution in [0.2, 0.25) is 5.02 Å². The molecule has 12 heavy (non-hydrogen) atoms. The van der Waals surface area contributed by atoms with Gasteiger partial charge in [-0.3, -0.25) is 0 Å². The van der Waals surface area contributed by atoms with Crippen LogP contribution in [0.4, 0.5) is 0 Å². The van der Waals surface area contributed by atoms with Gasteiger partial charge in [-0.1, -0.05) is 11.6 Å². The molecule has 5 heteroatoms. The van der Waals surface area contributed by atoms with Crippen molar-refractivity contribution in [3.63, 3.8) is 0 Å². The van der Waals surface area contributed by atoms with Crippen molar-refractivity contribution < 1.29 is 0 Å². The van der Waals surface area contributed by atoms with Gasteiger partial charge in [0.2, 0.25) is 0 Å². The first-order valence-electron chi connectivity index (χ1n) is 3.34. The predicted octanol–water partition coefficient (Wildman–Crippen LogP) is 2.30. The lowest BCUT2D eigenvalue weighted by Gasteiger charge is -2.01. The Morgan fingerprint density at radius 3 is 3.08 bits per heavy atom. The van der Waals surface area contributed by atoms with E-state index in [2.05, 4.69) is 32.7 Å². The second-order valence-corrected chi connectivity index (χ2v) is 3.93. The second kappa shape index (κ2) is 2.85. The van der Waals surface area contributed by atoms with Gasteiger partial charge >= 0.3 is 0 Å². The monoisotopic (exact) mass is 293 g/mol. The molecule has 0 fully saturated rings. The Kier molecular flexibility index (Phi) is 1.96. The molecule has 0 saturated heterocycles. The largest absolute Gasteiger partial charge is 0.217 e. The van der Waals surface area contributed by atoms with Gasteiger partial charge in [0.25, 0.3) is 0 Å². The number of fused-ring (bicyclic) bond motifs is 1. The Hall–Kier alpha value is -0.360. The van der Waals surface area contributed by atoms with Crippen LogP contribution < -0.4 is 0 Å². The van der Waals surface area contributed by atoms with Crippen molar-refractivity contribution in [3.8, 4) is 0 Å². The Morgan fingerprint density at radius 1 is 1.58 bits per heavy atom. The SMILES string of the molecule is Cc1cc(Cl)c(I)c2ncnn12. The first kappa shape index (κ1) is 8.25. The van der Waals surface area contributed by atoms with E-state index >= 15 is 0 Å². The van der Waals surface area contributed by atoms with Crippen molar-refractivity contribution in [2.75, 3.05) is 0 Å². The highest BCUT2D eigenvalue weighted by Gasteiger charge is 2.07. The maximum Gasteiger partial charge on any atom is 0.170 e. The summed E-state index contributed by atoms with van der Waals surface area (Å²) < 4.78 is 2.71. The minimum absolute atomic E-state index is 0.730. The van der Waals surface area contributed by atoms with Gasteiger partial charge in [-0.05, 0) is 35.6 Å². The number of hydrogen-bond donors (Lipinski definition) is 0. The number of hydrogen-bond acceptors (Lipinski definition) is 2. The predicted molar refractivity (Wildman–Crippen MR) is 55.5 cm³/mol. The van der Waals surface area contributed by atoms with Crippen molar-refractivity contribution >= 4 is 39.8 Å². The fraction of sp³-hybridized carbons (Fsp3) is 0.143. The quantitative estimate of drug-likeness (QED) is 0.698. The number of aromatic nitrogens is 3. The van der Waals surface area contributed by atoms with Gasteiger partial charge in [-0.2, -0.15) is 5.10 Å². The van der Waals surface area contributed by atoms with E-state index in [0.29, 0.717) is 0 Å². The zero-order valence-electron chi connectivity index (χ0n) is 6.25. The first-order chi connectivity index (χ1) is 5.70. The molecule has 0 atom stereocenters. The van der Waals surface area contributed by atoms with E-state index in [1.165, 1.54) is 6.33 Å². The van der Waals surface area contributed by atoms with Gasteiger partial charge in [0, 0.05) is 5.69 Å². The summed E-state index contributed by atoms with van der Waals surface area (Å²) in [6, 6.07) is 1.88. The average molecular weight is 293 g/mol. The maximum absolute atomic E-state index is 5.96. The number of aryl methyl sites for hydroxylation is 1. The molecule has 0 aliphatic carbocycles. The number of halogens is 2. The van der Waals surface area contributed by atoms with Crippen LogP contribution >= 0.6 is 34.2 Å². The van der Waals surface area contributed by atoms with Gasteiger partial charge in [0.15, 0.2) is 5.65 Å². The van der Waals surface area contributed by atoms with Crippen molar-refractivity contribution in [2.45, 2.75) is 6.92 Å². The van der Waals surface area contributed by atoms with Crippen molar-refractivity contribution in [2.24, 2.45) is 0 Å². The molecule has 0 aromatic carbocycles. The lowest BCUT2D eigenvalue weighted by Crippen LogP contribution is -1.95. The minimum Gasteiger partial charge on any atom is -0.217 e. The molecule has 0 bridgehead atoms. The highest BCUT2D eigenvalue weighted by atomic mass is 127. The Bertz CT molecular complexity index is 437. The smallest absolute Gasteiger partial charge is 0.170 e. The third-order valence-corrected chi connectivity index (χ3v) is 3.30. The van der Waals surface area contributed by atoms with Gasteiger partial charge in [0.05, 0.1) is 8.59 Å². The van der Waals surface area contributed by atoms with Crippen LogP contribution in [0.15, 0.2) is 12.4 Å². The molecule has 2 aromatic rings. The zero-order chi connectivity index (χ0) is 8.72. The molecule has 2 aromatic heterocycles. The molecule has 0 spiro atoms. The maximum atomic E-state index is 5.96. The van der Waals surface area contributed by atoms with Crippen LogP contribution in [-0.4, -0.2) is 14.6 Å². The summed E-state index contributed by atoms with van der Waals surface area (Å²) in [5.41, 5.74) is 1.81. The number of rotatable bonds is 0. The van der Waals surface area contributed by atoms with Gasteiger partial charge < -0.3 is 0 Å². The van der Waals surface area contributed by atoms with E-state index in [1.54, 1.807) is 4.52 Å². The number of pyridine rings is 1. The van der Waals surface area contributed by atoms with Crippen LogP contribution in [0.25, 0.3) is 5.65 Å². The molecule has 0 N–H and O–H groups in total. The molecule has 2 rings (SSSR count). The summed E-state index contributed by atoms with van der Waals surface area (Å²) in [5, 5.41) is 4.79. The summed E-state index contributed by atoms with van der Waals surface area (Å²) in [4.78, 5) is 4.10. The molecular weight excluding hydrogens is 288 g/mol. The lowest BCUT2D eigenvalue weighted by atomic mass is 10.4. The van der Waals surface area contributed by atoms with Crippen LogP contribution in [-0.2, 0) is 0 Å². The summed E-state index contributed by atoms with van der Waals surface area (Å²) >= 11 is 8.12. The Balaban J connectivity index is 2.97. The fourth-order valence-electron chi connectivity index (χ4n) is 1.06. The van der Waals surface area contributed by atoms with Gasteiger partial charge in [-0.15, -0.1) is 0 Å². The first-order valence-corrected chi connectivity index (χ1v) is 4.80. The van der Waals surface area contributed by atoms with E-state index in [9.17, 15) is 0 Å². The topological polar surface area (TPSA) is 30.2 Å².